The highest BCUT2D eigenvalue weighted by Crippen LogP contribution is 2.15. The Kier molecular flexibility index (Phi) is 10.3. The number of hydrogen-bond donors (Lipinski definition) is 2. The summed E-state index contributed by atoms with van der Waals surface area (Å²) in [5, 5.41) is 6.45. The van der Waals surface area contributed by atoms with Crippen LogP contribution in [0, 0.1) is 6.92 Å². The number of nitrogens with zero attached hydrogens (tertiary/aromatic N) is 1. The highest BCUT2D eigenvalue weighted by molar-refractivity contribution is 14.0. The smallest absolute Gasteiger partial charge is 0.367 e. The number of ether oxygens (including phenoxy) is 1. The van der Waals surface area contributed by atoms with Gasteiger partial charge in [-0.2, -0.15) is 13.2 Å². The Bertz CT molecular complexity index is 732. The third-order valence-corrected chi connectivity index (χ3v) is 3.82. The second kappa shape index (κ2) is 11.9. The van der Waals surface area contributed by atoms with Gasteiger partial charge >= 0.3 is 6.18 Å². The predicted octanol–water partition coefficient (Wildman–Crippen LogP) is 4.56. The largest absolute Gasteiger partial charge is 0.411 e. The molecule has 0 amide bonds. The Morgan fingerprint density at radius 2 is 1.36 bits per heavy atom. The minimum atomic E-state index is -4.30. The van der Waals surface area contributed by atoms with E-state index in [4.69, 9.17) is 0 Å². The van der Waals surface area contributed by atoms with Crippen molar-refractivity contribution in [2.24, 2.45) is 4.99 Å². The molecule has 0 bridgehead atoms. The van der Waals surface area contributed by atoms with Gasteiger partial charge in [0.1, 0.15) is 6.61 Å². The lowest BCUT2D eigenvalue weighted by Gasteiger charge is -2.13. The lowest BCUT2D eigenvalue weighted by molar-refractivity contribution is -0.176. The van der Waals surface area contributed by atoms with Gasteiger partial charge < -0.3 is 15.4 Å². The van der Waals surface area contributed by atoms with Gasteiger partial charge in [0.15, 0.2) is 5.96 Å². The zero-order valence-electron chi connectivity index (χ0n) is 15.8. The molecule has 0 spiro atoms. The molecule has 0 heterocycles. The first-order valence-electron chi connectivity index (χ1n) is 8.58. The van der Waals surface area contributed by atoms with Gasteiger partial charge in [-0.15, -0.1) is 24.0 Å². The van der Waals surface area contributed by atoms with Crippen LogP contribution in [-0.2, 0) is 24.4 Å². The molecule has 0 saturated carbocycles. The molecule has 0 unspecified atom stereocenters. The average molecular weight is 507 g/mol. The number of nitrogens with one attached hydrogen (secondary N) is 2. The third kappa shape index (κ3) is 9.41. The molecule has 0 saturated heterocycles. The highest BCUT2D eigenvalue weighted by atomic mass is 127. The van der Waals surface area contributed by atoms with E-state index in [0.717, 1.165) is 11.1 Å². The van der Waals surface area contributed by atoms with Crippen molar-refractivity contribution < 1.29 is 17.9 Å². The van der Waals surface area contributed by atoms with E-state index < -0.39 is 12.8 Å². The first kappa shape index (κ1) is 24.2. The van der Waals surface area contributed by atoms with Gasteiger partial charge in [0.05, 0.1) is 6.61 Å². The molecule has 0 aromatic heterocycles. The molecular formula is C20H25F3IN3O. The van der Waals surface area contributed by atoms with Crippen LogP contribution in [0.2, 0.25) is 0 Å². The molecule has 0 radical (unpaired) electrons. The van der Waals surface area contributed by atoms with Crippen molar-refractivity contribution in [3.8, 4) is 0 Å². The van der Waals surface area contributed by atoms with Crippen LogP contribution in [-0.4, -0.2) is 25.8 Å². The summed E-state index contributed by atoms with van der Waals surface area (Å²) < 4.78 is 40.9. The normalized spacial score (nSPS) is 11.7. The molecule has 0 atom stereocenters. The number of guanidine groups is 1. The first-order chi connectivity index (χ1) is 12.9. The summed E-state index contributed by atoms with van der Waals surface area (Å²) >= 11 is 0. The Morgan fingerprint density at radius 1 is 0.893 bits per heavy atom. The lowest BCUT2D eigenvalue weighted by Crippen LogP contribution is -2.36. The van der Waals surface area contributed by atoms with Crippen LogP contribution in [0.3, 0.4) is 0 Å². The van der Waals surface area contributed by atoms with Crippen LogP contribution >= 0.6 is 24.0 Å². The maximum Gasteiger partial charge on any atom is 0.411 e. The number of halogens is 4. The fourth-order valence-electron chi connectivity index (χ4n) is 2.34. The number of benzene rings is 2. The van der Waals surface area contributed by atoms with Gasteiger partial charge in [0.25, 0.3) is 0 Å². The van der Waals surface area contributed by atoms with E-state index in [1.165, 1.54) is 5.56 Å². The van der Waals surface area contributed by atoms with E-state index in [9.17, 15) is 13.2 Å². The van der Waals surface area contributed by atoms with Crippen molar-refractivity contribution in [2.75, 3.05) is 13.7 Å². The first-order valence-corrected chi connectivity index (χ1v) is 8.58. The van der Waals surface area contributed by atoms with E-state index in [1.54, 1.807) is 19.2 Å². The molecule has 2 rings (SSSR count). The van der Waals surface area contributed by atoms with Crippen molar-refractivity contribution in [1.29, 1.82) is 0 Å². The Balaban J connectivity index is 0.00000392. The van der Waals surface area contributed by atoms with E-state index in [2.05, 4.69) is 44.6 Å². The van der Waals surface area contributed by atoms with Gasteiger partial charge in [-0.3, -0.25) is 4.99 Å². The molecule has 0 aliphatic heterocycles. The molecule has 2 aromatic rings. The fraction of sp³-hybridized carbons (Fsp3) is 0.350. The highest BCUT2D eigenvalue weighted by Gasteiger charge is 2.27. The average Bonchev–Trinajstić information content (AvgIpc) is 2.63. The quantitative estimate of drug-likeness (QED) is 0.328. The summed E-state index contributed by atoms with van der Waals surface area (Å²) in [6, 6.07) is 15.5. The number of hydrogen-bond acceptors (Lipinski definition) is 2. The van der Waals surface area contributed by atoms with E-state index in [-0.39, 0.29) is 30.6 Å². The molecule has 0 aliphatic rings. The predicted molar refractivity (Wildman–Crippen MR) is 116 cm³/mol. The standard InChI is InChI=1S/C20H24F3N3O.HI/c1-15-3-5-16(6-4-15)11-25-19(24-2)26-12-17-7-9-18(10-8-17)13-27-14-20(21,22)23;/h3-10H,11-14H2,1-2H3,(H2,24,25,26);1H. The topological polar surface area (TPSA) is 45.7 Å². The third-order valence-electron chi connectivity index (χ3n) is 3.82. The van der Waals surface area contributed by atoms with Crippen LogP contribution < -0.4 is 10.6 Å². The minimum Gasteiger partial charge on any atom is -0.367 e. The number of alkyl halides is 3. The monoisotopic (exact) mass is 507 g/mol. The summed E-state index contributed by atoms with van der Waals surface area (Å²) in [7, 11) is 1.70. The molecule has 8 heteroatoms. The fourth-order valence-corrected chi connectivity index (χ4v) is 2.34. The Hall–Kier alpha value is -1.81. The lowest BCUT2D eigenvalue weighted by atomic mass is 10.1. The molecule has 2 N–H and O–H groups in total. The van der Waals surface area contributed by atoms with Crippen LogP contribution in [0.4, 0.5) is 13.2 Å². The van der Waals surface area contributed by atoms with Crippen molar-refractivity contribution in [1.82, 2.24) is 10.6 Å². The van der Waals surface area contributed by atoms with E-state index in [0.29, 0.717) is 24.6 Å². The van der Waals surface area contributed by atoms with E-state index in [1.807, 2.05) is 19.1 Å². The van der Waals surface area contributed by atoms with Crippen molar-refractivity contribution in [3.05, 3.63) is 70.8 Å². The second-order valence-electron chi connectivity index (χ2n) is 6.19. The van der Waals surface area contributed by atoms with Gasteiger partial charge in [-0.05, 0) is 23.6 Å². The number of aryl methyl sites for hydroxylation is 1. The summed E-state index contributed by atoms with van der Waals surface area (Å²) in [5.41, 5.74) is 4.07. The van der Waals surface area contributed by atoms with E-state index >= 15 is 0 Å². The number of aliphatic imine (C=N–C) groups is 1. The van der Waals surface area contributed by atoms with Crippen molar-refractivity contribution >= 4 is 29.9 Å². The second-order valence-corrected chi connectivity index (χ2v) is 6.19. The van der Waals surface area contributed by atoms with Gasteiger partial charge in [0, 0.05) is 20.1 Å². The molecule has 0 aliphatic carbocycles. The Morgan fingerprint density at radius 3 is 1.82 bits per heavy atom. The molecule has 0 fully saturated rings. The molecule has 4 nitrogen and oxygen atoms in total. The zero-order chi connectivity index (χ0) is 19.7. The molecule has 2 aromatic carbocycles. The molecule has 28 heavy (non-hydrogen) atoms. The van der Waals surface area contributed by atoms with Gasteiger partial charge in [-0.1, -0.05) is 54.1 Å². The minimum absolute atomic E-state index is 0. The van der Waals surface area contributed by atoms with Crippen LogP contribution in [0.5, 0.6) is 0 Å². The van der Waals surface area contributed by atoms with Crippen LogP contribution in [0.15, 0.2) is 53.5 Å². The summed E-state index contributed by atoms with van der Waals surface area (Å²) in [6.07, 6.45) is -4.30. The summed E-state index contributed by atoms with van der Waals surface area (Å²) in [4.78, 5) is 4.18. The van der Waals surface area contributed by atoms with Crippen LogP contribution in [0.1, 0.15) is 22.3 Å². The summed E-state index contributed by atoms with van der Waals surface area (Å²) in [6.45, 7) is 1.96. The zero-order valence-corrected chi connectivity index (χ0v) is 18.2. The van der Waals surface area contributed by atoms with Gasteiger partial charge in [0.2, 0.25) is 0 Å². The SMILES string of the molecule is CN=C(NCc1ccc(C)cc1)NCc1ccc(COCC(F)(F)F)cc1.I. The van der Waals surface area contributed by atoms with Gasteiger partial charge in [-0.25, -0.2) is 0 Å². The maximum absolute atomic E-state index is 12.1. The molecular weight excluding hydrogens is 482 g/mol. The van der Waals surface area contributed by atoms with Crippen LogP contribution in [0.25, 0.3) is 0 Å². The Labute approximate surface area is 180 Å². The maximum atomic E-state index is 12.1. The van der Waals surface area contributed by atoms with Crippen molar-refractivity contribution in [2.45, 2.75) is 32.8 Å². The summed E-state index contributed by atoms with van der Waals surface area (Å²) in [5.74, 6) is 0.674. The van der Waals surface area contributed by atoms with Crippen molar-refractivity contribution in [3.63, 3.8) is 0 Å². The number of rotatable bonds is 7. The molecule has 154 valence electrons.